The van der Waals surface area contributed by atoms with Crippen molar-refractivity contribution in [3.63, 3.8) is 0 Å². The van der Waals surface area contributed by atoms with Gasteiger partial charge in [-0.1, -0.05) is 0 Å². The van der Waals surface area contributed by atoms with Crippen LogP contribution in [0.2, 0.25) is 0 Å². The molecule has 18 heavy (non-hydrogen) atoms. The zero-order valence-electron chi connectivity index (χ0n) is 10.1. The minimum Gasteiger partial charge on any atom is -0.354 e. The van der Waals surface area contributed by atoms with Crippen LogP contribution in [0.15, 0.2) is 12.5 Å². The van der Waals surface area contributed by atoms with E-state index in [1.165, 1.54) is 0 Å². The lowest BCUT2D eigenvalue weighted by Crippen LogP contribution is -2.50. The van der Waals surface area contributed by atoms with Crippen molar-refractivity contribution in [2.45, 2.75) is 25.4 Å². The molecule has 0 saturated carbocycles. The number of amides is 2. The van der Waals surface area contributed by atoms with E-state index in [1.807, 2.05) is 0 Å². The van der Waals surface area contributed by atoms with E-state index in [0.717, 1.165) is 6.42 Å². The van der Waals surface area contributed by atoms with Gasteiger partial charge in [0.1, 0.15) is 11.7 Å². The summed E-state index contributed by atoms with van der Waals surface area (Å²) >= 11 is 0. The van der Waals surface area contributed by atoms with Crippen LogP contribution in [0, 0.1) is 0 Å². The van der Waals surface area contributed by atoms with Crippen LogP contribution in [0.5, 0.6) is 0 Å². The zero-order chi connectivity index (χ0) is 13.0. The van der Waals surface area contributed by atoms with Crippen LogP contribution in [-0.2, 0) is 11.3 Å². The molecule has 0 radical (unpaired) electrons. The lowest BCUT2D eigenvalue weighted by molar-refractivity contribution is -0.124. The number of piperidine rings is 1. The fraction of sp³-hybridized carbons (Fsp3) is 0.545. The van der Waals surface area contributed by atoms with Crippen molar-refractivity contribution in [3.8, 4) is 0 Å². The molecule has 2 rings (SSSR count). The van der Waals surface area contributed by atoms with E-state index in [4.69, 9.17) is 5.73 Å². The van der Waals surface area contributed by atoms with E-state index in [2.05, 4.69) is 15.6 Å². The van der Waals surface area contributed by atoms with Gasteiger partial charge in [0.2, 0.25) is 5.91 Å². The summed E-state index contributed by atoms with van der Waals surface area (Å²) in [5.74, 6) is -0.455. The number of rotatable bonds is 4. The van der Waals surface area contributed by atoms with Crippen molar-refractivity contribution in [2.75, 3.05) is 13.1 Å². The molecule has 1 aromatic rings. The summed E-state index contributed by atoms with van der Waals surface area (Å²) < 4.78 is 1.75. The molecule has 0 aromatic carbocycles. The third kappa shape index (κ3) is 2.86. The number of nitrogens with zero attached hydrogens (tertiary/aromatic N) is 2. The van der Waals surface area contributed by atoms with Crippen molar-refractivity contribution >= 4 is 11.8 Å². The Balaban J connectivity index is 1.95. The zero-order valence-corrected chi connectivity index (χ0v) is 10.1. The third-order valence-electron chi connectivity index (χ3n) is 2.84. The van der Waals surface area contributed by atoms with Crippen LogP contribution in [0.4, 0.5) is 0 Å². The van der Waals surface area contributed by atoms with Gasteiger partial charge in [0.05, 0.1) is 6.33 Å². The second kappa shape index (κ2) is 5.63. The van der Waals surface area contributed by atoms with Crippen LogP contribution in [0.1, 0.15) is 23.3 Å². The summed E-state index contributed by atoms with van der Waals surface area (Å²) in [6.45, 7) is 1.78. The quantitative estimate of drug-likeness (QED) is 0.629. The third-order valence-corrected chi connectivity index (χ3v) is 2.84. The number of carbonyl (C=O) groups excluding carboxylic acids is 2. The highest BCUT2D eigenvalue weighted by atomic mass is 16.2. The Morgan fingerprint density at radius 1 is 1.67 bits per heavy atom. The SMILES string of the molecule is NCCn1cnc(C(=O)NC2CCCNC2=O)c1. The number of aromatic nitrogens is 2. The predicted molar refractivity (Wildman–Crippen MR) is 64.8 cm³/mol. The molecule has 98 valence electrons. The van der Waals surface area contributed by atoms with E-state index in [1.54, 1.807) is 17.1 Å². The van der Waals surface area contributed by atoms with E-state index >= 15 is 0 Å². The molecule has 0 bridgehead atoms. The maximum absolute atomic E-state index is 11.9. The number of hydrogen-bond acceptors (Lipinski definition) is 4. The molecule has 7 nitrogen and oxygen atoms in total. The Bertz CT molecular complexity index is 442. The molecule has 1 aliphatic rings. The van der Waals surface area contributed by atoms with Crippen LogP contribution in [-0.4, -0.2) is 40.5 Å². The van der Waals surface area contributed by atoms with Gasteiger partial charge < -0.3 is 20.9 Å². The molecule has 1 aromatic heterocycles. The van der Waals surface area contributed by atoms with Crippen LogP contribution >= 0.6 is 0 Å². The number of nitrogens with two attached hydrogens (primary N) is 1. The minimum absolute atomic E-state index is 0.129. The minimum atomic E-state index is -0.453. The summed E-state index contributed by atoms with van der Waals surface area (Å²) in [6.07, 6.45) is 4.73. The molecule has 7 heteroatoms. The van der Waals surface area contributed by atoms with E-state index in [0.29, 0.717) is 31.7 Å². The van der Waals surface area contributed by atoms with Crippen molar-refractivity contribution in [1.82, 2.24) is 20.2 Å². The Morgan fingerprint density at radius 3 is 3.22 bits per heavy atom. The highest BCUT2D eigenvalue weighted by Gasteiger charge is 2.24. The number of carbonyl (C=O) groups is 2. The van der Waals surface area contributed by atoms with Gasteiger partial charge in [0, 0.05) is 25.8 Å². The first-order valence-electron chi connectivity index (χ1n) is 6.01. The lowest BCUT2D eigenvalue weighted by atomic mass is 10.1. The molecule has 2 amide bonds. The largest absolute Gasteiger partial charge is 0.354 e. The first-order valence-corrected chi connectivity index (χ1v) is 6.01. The smallest absolute Gasteiger partial charge is 0.272 e. The van der Waals surface area contributed by atoms with Gasteiger partial charge in [0.15, 0.2) is 0 Å². The number of hydrogen-bond donors (Lipinski definition) is 3. The van der Waals surface area contributed by atoms with E-state index in [9.17, 15) is 9.59 Å². The van der Waals surface area contributed by atoms with Crippen molar-refractivity contribution in [3.05, 3.63) is 18.2 Å². The maximum Gasteiger partial charge on any atom is 0.272 e. The predicted octanol–water partition coefficient (Wildman–Crippen LogP) is -1.15. The van der Waals surface area contributed by atoms with Gasteiger partial charge in [-0.15, -0.1) is 0 Å². The van der Waals surface area contributed by atoms with E-state index < -0.39 is 6.04 Å². The van der Waals surface area contributed by atoms with Gasteiger partial charge in [-0.25, -0.2) is 4.98 Å². The Hall–Kier alpha value is -1.89. The molecular weight excluding hydrogens is 234 g/mol. The van der Waals surface area contributed by atoms with Crippen molar-refractivity contribution in [2.24, 2.45) is 5.73 Å². The molecule has 0 spiro atoms. The molecule has 4 N–H and O–H groups in total. The van der Waals surface area contributed by atoms with Gasteiger partial charge in [-0.05, 0) is 12.8 Å². The average molecular weight is 251 g/mol. The van der Waals surface area contributed by atoms with Gasteiger partial charge in [0.25, 0.3) is 5.91 Å². The van der Waals surface area contributed by atoms with Crippen LogP contribution in [0.25, 0.3) is 0 Å². The second-order valence-corrected chi connectivity index (χ2v) is 4.24. The van der Waals surface area contributed by atoms with Gasteiger partial charge in [-0.3, -0.25) is 9.59 Å². The normalized spacial score (nSPS) is 19.4. The standard InChI is InChI=1S/C11H17N5O2/c12-3-5-16-6-9(14-7-16)11(18)15-8-2-1-4-13-10(8)17/h6-8H,1-5,12H2,(H,13,17)(H,15,18). The Morgan fingerprint density at radius 2 is 2.50 bits per heavy atom. The highest BCUT2D eigenvalue weighted by Crippen LogP contribution is 2.04. The summed E-state index contributed by atoms with van der Waals surface area (Å²) in [4.78, 5) is 27.4. The first-order chi connectivity index (χ1) is 8.70. The molecule has 2 heterocycles. The maximum atomic E-state index is 11.9. The van der Waals surface area contributed by atoms with E-state index in [-0.39, 0.29) is 11.8 Å². The van der Waals surface area contributed by atoms with Gasteiger partial charge in [-0.2, -0.15) is 0 Å². The molecular formula is C11H17N5O2. The second-order valence-electron chi connectivity index (χ2n) is 4.24. The van der Waals surface area contributed by atoms with Crippen molar-refractivity contribution < 1.29 is 9.59 Å². The van der Waals surface area contributed by atoms with Crippen LogP contribution in [0.3, 0.4) is 0 Å². The number of imidazole rings is 1. The molecule has 1 fully saturated rings. The topological polar surface area (TPSA) is 102 Å². The first kappa shape index (κ1) is 12.6. The summed E-state index contributed by atoms with van der Waals surface area (Å²) in [6, 6.07) is -0.453. The summed E-state index contributed by atoms with van der Waals surface area (Å²) in [7, 11) is 0. The lowest BCUT2D eigenvalue weighted by Gasteiger charge is -2.22. The summed E-state index contributed by atoms with van der Waals surface area (Å²) in [5, 5.41) is 5.40. The van der Waals surface area contributed by atoms with Crippen LogP contribution < -0.4 is 16.4 Å². The van der Waals surface area contributed by atoms with Gasteiger partial charge >= 0.3 is 0 Å². The fourth-order valence-electron chi connectivity index (χ4n) is 1.89. The Labute approximate surface area is 105 Å². The fourth-order valence-corrected chi connectivity index (χ4v) is 1.89. The average Bonchev–Trinajstić information content (AvgIpc) is 2.81. The number of nitrogens with one attached hydrogen (secondary N) is 2. The molecule has 1 aliphatic heterocycles. The highest BCUT2D eigenvalue weighted by molar-refractivity contribution is 5.96. The molecule has 1 atom stereocenters. The molecule has 1 saturated heterocycles. The summed E-state index contributed by atoms with van der Waals surface area (Å²) in [5.41, 5.74) is 5.72. The molecule has 0 aliphatic carbocycles. The monoisotopic (exact) mass is 251 g/mol. The van der Waals surface area contributed by atoms with Crippen molar-refractivity contribution in [1.29, 1.82) is 0 Å². The Kier molecular flexibility index (Phi) is 3.93. The molecule has 1 unspecified atom stereocenters.